The highest BCUT2D eigenvalue weighted by molar-refractivity contribution is 5.90. The third-order valence-corrected chi connectivity index (χ3v) is 15.6. The van der Waals surface area contributed by atoms with Crippen LogP contribution in [0.2, 0.25) is 0 Å². The van der Waals surface area contributed by atoms with E-state index in [-0.39, 0.29) is 36.1 Å². The van der Waals surface area contributed by atoms with Gasteiger partial charge >= 0.3 is 12.1 Å². The number of fused-ring (bicyclic) bond motifs is 2. The summed E-state index contributed by atoms with van der Waals surface area (Å²) < 4.78 is 13.0. The van der Waals surface area contributed by atoms with Crippen LogP contribution in [-0.4, -0.2) is 123 Å². The number of nitrogens with one attached hydrogen (secondary N) is 1. The Balaban J connectivity index is 1.03. The molecule has 0 radical (unpaired) electrons. The largest absolute Gasteiger partial charge is 0.481 e. The van der Waals surface area contributed by atoms with Crippen LogP contribution >= 0.6 is 0 Å². The van der Waals surface area contributed by atoms with Crippen molar-refractivity contribution in [3.05, 3.63) is 11.6 Å². The van der Waals surface area contributed by atoms with E-state index in [1.807, 2.05) is 4.90 Å². The van der Waals surface area contributed by atoms with Crippen LogP contribution < -0.4 is 5.32 Å². The van der Waals surface area contributed by atoms with Gasteiger partial charge in [0.1, 0.15) is 18.3 Å². The lowest BCUT2D eigenvalue weighted by atomic mass is 9.41. The van der Waals surface area contributed by atoms with Crippen LogP contribution in [0.25, 0.3) is 0 Å². The first kappa shape index (κ1) is 38.3. The first-order valence-electron chi connectivity index (χ1n) is 21.0. The summed E-state index contributed by atoms with van der Waals surface area (Å²) in [6.07, 6.45) is 14.7. The third kappa shape index (κ3) is 6.18. The van der Waals surface area contributed by atoms with Crippen molar-refractivity contribution in [2.45, 2.75) is 104 Å². The number of carboxylic acids is 1. The van der Waals surface area contributed by atoms with Crippen molar-refractivity contribution in [1.29, 1.82) is 0 Å². The van der Waals surface area contributed by atoms with Crippen molar-refractivity contribution < 1.29 is 29.0 Å². The number of carboxylic acid groups (broad SMARTS) is 1. The van der Waals surface area contributed by atoms with Crippen molar-refractivity contribution in [3.63, 3.8) is 0 Å². The predicted molar refractivity (Wildman–Crippen MR) is 201 cm³/mol. The summed E-state index contributed by atoms with van der Waals surface area (Å²) in [5.74, 6) is 1.33. The lowest BCUT2D eigenvalue weighted by molar-refractivity contribution is -0.197. The Kier molecular flexibility index (Phi) is 11.2. The number of aliphatic carboxylic acids is 1. The van der Waals surface area contributed by atoms with Gasteiger partial charge in [0.25, 0.3) is 0 Å². The molecule has 0 aromatic carbocycles. The molecular weight excluding hydrogens is 656 g/mol. The second-order valence-electron chi connectivity index (χ2n) is 18.7. The molecule has 2 heterocycles. The van der Waals surface area contributed by atoms with Crippen LogP contribution in [0.5, 0.6) is 0 Å². The molecule has 10 atom stereocenters. The van der Waals surface area contributed by atoms with E-state index < -0.39 is 22.2 Å². The summed E-state index contributed by atoms with van der Waals surface area (Å²) in [7, 11) is 4.20. The number of nitrogens with zero attached hydrogens (tertiary/aromatic N) is 3. The van der Waals surface area contributed by atoms with Gasteiger partial charge in [-0.15, -0.1) is 0 Å². The van der Waals surface area contributed by atoms with Gasteiger partial charge in [-0.2, -0.15) is 0 Å². The Bertz CT molecular complexity index is 1340. The normalized spacial score (nSPS) is 40.2. The number of amides is 1. The number of hydrogen-bond acceptors (Lipinski definition) is 8. The summed E-state index contributed by atoms with van der Waals surface area (Å²) in [5, 5.41) is 15.2. The zero-order valence-corrected chi connectivity index (χ0v) is 32.8. The lowest BCUT2D eigenvalue weighted by Crippen LogP contribution is -2.65. The van der Waals surface area contributed by atoms with E-state index >= 15 is 0 Å². The average Bonchev–Trinajstić information content (AvgIpc) is 3.94. The highest BCUT2D eigenvalue weighted by atomic mass is 16.6. The zero-order valence-electron chi connectivity index (χ0n) is 32.8. The van der Waals surface area contributed by atoms with Crippen LogP contribution in [0, 0.1) is 57.7 Å². The monoisotopic (exact) mass is 725 g/mol. The van der Waals surface area contributed by atoms with E-state index in [0.717, 1.165) is 76.6 Å². The van der Waals surface area contributed by atoms with Crippen molar-refractivity contribution >= 4 is 18.3 Å². The molecule has 6 fully saturated rings. The molecule has 0 aromatic rings. The maximum absolute atomic E-state index is 14.1. The Morgan fingerprint density at radius 3 is 2.54 bits per heavy atom. The molecule has 5 aliphatic carbocycles. The predicted octanol–water partition coefficient (Wildman–Crippen LogP) is 5.56. The minimum Gasteiger partial charge on any atom is -0.481 e. The Hall–Kier alpha value is -2.01. The second kappa shape index (κ2) is 15.3. The molecule has 7 aliphatic rings. The van der Waals surface area contributed by atoms with E-state index in [4.69, 9.17) is 9.47 Å². The Labute approximate surface area is 312 Å². The molecule has 10 heteroatoms. The number of carbonyl (C=O) groups excluding carboxylic acids is 2. The fourth-order valence-electron chi connectivity index (χ4n) is 13.4. The van der Waals surface area contributed by atoms with Crippen molar-refractivity contribution in [2.75, 3.05) is 73.1 Å². The number of allylic oxidation sites excluding steroid dienone is 1. The number of carbonyl (C=O) groups is 3. The first-order valence-corrected chi connectivity index (χ1v) is 21.0. The van der Waals surface area contributed by atoms with Crippen LogP contribution in [-0.2, 0) is 19.1 Å². The lowest BCUT2D eigenvalue weighted by Gasteiger charge is -2.60. The molecule has 292 valence electrons. The van der Waals surface area contributed by atoms with Gasteiger partial charge in [-0.1, -0.05) is 64.5 Å². The summed E-state index contributed by atoms with van der Waals surface area (Å²) in [5.41, 5.74) is -1.68. The van der Waals surface area contributed by atoms with Crippen LogP contribution in [0.1, 0.15) is 91.4 Å². The van der Waals surface area contributed by atoms with Gasteiger partial charge in [-0.05, 0) is 107 Å². The maximum Gasteiger partial charge on any atom is 0.409 e. The van der Waals surface area contributed by atoms with E-state index in [2.05, 4.69) is 56.1 Å². The second-order valence-corrected chi connectivity index (χ2v) is 18.7. The van der Waals surface area contributed by atoms with Gasteiger partial charge in [0.2, 0.25) is 0 Å². The van der Waals surface area contributed by atoms with E-state index in [0.29, 0.717) is 62.9 Å². The standard InChI is InChI=1S/C42H68N4O6/c1-28(2)35-23-32-24-40(27-47)34-12-11-29(3)33(34)25-41(32,42(35,40)38(48)49)37-22-31(21-30-9-6-7-10-30)36(52-37)26-43-13-20-51-39(50)46-18-16-45(17-19-46)15-8-14-44(4)5/h23,27-34,36-37,43H,6-22,24-26H2,1-5H3,(H,48,49)/t29-,31+,32?,33-,34-,36+,37-,40?,41?,42+/m1/s1. The Morgan fingerprint density at radius 1 is 1.12 bits per heavy atom. The average molecular weight is 725 g/mol. The summed E-state index contributed by atoms with van der Waals surface area (Å²) in [4.78, 5) is 47.1. The molecule has 3 unspecified atom stereocenters. The van der Waals surface area contributed by atoms with E-state index in [9.17, 15) is 19.5 Å². The summed E-state index contributed by atoms with van der Waals surface area (Å²) in [6.45, 7) is 13.4. The summed E-state index contributed by atoms with van der Waals surface area (Å²) in [6, 6.07) is 0. The molecular formula is C42H68N4O6. The first-order chi connectivity index (χ1) is 25.0. The van der Waals surface area contributed by atoms with E-state index in [1.54, 1.807) is 0 Å². The summed E-state index contributed by atoms with van der Waals surface area (Å²) >= 11 is 0. The maximum atomic E-state index is 14.1. The van der Waals surface area contributed by atoms with Gasteiger partial charge in [0.15, 0.2) is 0 Å². The quantitative estimate of drug-likeness (QED) is 0.127. The van der Waals surface area contributed by atoms with Crippen molar-refractivity contribution in [3.8, 4) is 0 Å². The highest BCUT2D eigenvalue weighted by Crippen LogP contribution is 2.84. The fourth-order valence-corrected chi connectivity index (χ4v) is 13.4. The number of piperazine rings is 1. The smallest absolute Gasteiger partial charge is 0.409 e. The molecule has 1 amide bonds. The van der Waals surface area contributed by atoms with Gasteiger partial charge < -0.3 is 34.5 Å². The molecule has 4 bridgehead atoms. The third-order valence-electron chi connectivity index (χ3n) is 15.6. The van der Waals surface area contributed by atoms with Crippen molar-refractivity contribution in [2.24, 2.45) is 57.7 Å². The Morgan fingerprint density at radius 2 is 1.87 bits per heavy atom. The van der Waals surface area contributed by atoms with Gasteiger partial charge in [0.05, 0.1) is 17.6 Å². The fraction of sp³-hybridized carbons (Fsp3) is 0.881. The number of hydrogen-bond donors (Lipinski definition) is 2. The molecule has 4 saturated carbocycles. The van der Waals surface area contributed by atoms with Crippen LogP contribution in [0.3, 0.4) is 0 Å². The molecule has 10 nitrogen and oxygen atoms in total. The van der Waals surface area contributed by atoms with Gasteiger partial charge in [0, 0.05) is 44.7 Å². The number of aldehydes is 1. The van der Waals surface area contributed by atoms with Gasteiger partial charge in [-0.25, -0.2) is 4.79 Å². The molecule has 2 N–H and O–H groups in total. The number of ether oxygens (including phenoxy) is 2. The molecule has 7 rings (SSSR count). The topological polar surface area (TPSA) is 112 Å². The minimum atomic E-state index is -1.21. The molecule has 52 heavy (non-hydrogen) atoms. The molecule has 0 spiro atoms. The molecule has 2 saturated heterocycles. The van der Waals surface area contributed by atoms with Crippen LogP contribution in [0.4, 0.5) is 4.79 Å². The van der Waals surface area contributed by atoms with Crippen molar-refractivity contribution in [1.82, 2.24) is 20.0 Å². The zero-order chi connectivity index (χ0) is 36.8. The SMILES string of the molecule is CC(C)C1=CC2CC3(C=O)[C@@H]4CC[C@@H](C)[C@H]4CC2([C@H]2C[C@H](CC4CCCC4)[C@H](CNCCOC(=O)N4CCN(CCCN(C)C)CC4)O2)[C@]13C(=O)O. The number of rotatable bonds is 15. The van der Waals surface area contributed by atoms with E-state index in [1.165, 1.54) is 25.7 Å². The minimum absolute atomic E-state index is 0.0334. The molecule has 0 aromatic heterocycles. The van der Waals surface area contributed by atoms with Crippen LogP contribution in [0.15, 0.2) is 11.6 Å². The van der Waals surface area contributed by atoms with Gasteiger partial charge in [-0.3, -0.25) is 9.69 Å². The highest BCUT2D eigenvalue weighted by Gasteiger charge is 2.86. The molecule has 2 aliphatic heterocycles.